The summed E-state index contributed by atoms with van der Waals surface area (Å²) in [6, 6.07) is 1.43. The summed E-state index contributed by atoms with van der Waals surface area (Å²) in [6.07, 6.45) is 15.4. The van der Waals surface area contributed by atoms with Crippen LogP contribution < -0.4 is 10.9 Å². The van der Waals surface area contributed by atoms with E-state index in [4.69, 9.17) is 0 Å². The van der Waals surface area contributed by atoms with Crippen LogP contribution in [-0.4, -0.2) is 27.6 Å². The minimum atomic E-state index is -0.858. The number of nitrogens with one attached hydrogen (secondary N) is 1. The van der Waals surface area contributed by atoms with E-state index < -0.39 is 23.8 Å². The zero-order chi connectivity index (χ0) is 22.5. The average Bonchev–Trinajstić information content (AvgIpc) is 2.77. The number of amides is 1. The lowest BCUT2D eigenvalue weighted by atomic mass is 9.84. The van der Waals surface area contributed by atoms with Crippen molar-refractivity contribution in [2.75, 3.05) is 0 Å². The van der Waals surface area contributed by atoms with Crippen molar-refractivity contribution in [1.82, 2.24) is 9.88 Å². The van der Waals surface area contributed by atoms with Crippen molar-refractivity contribution in [2.45, 2.75) is 109 Å². The molecule has 6 heteroatoms. The maximum Gasteiger partial charge on any atom is 0.308 e. The highest BCUT2D eigenvalue weighted by molar-refractivity contribution is 5.94. The molecule has 2 unspecified atom stereocenters. The van der Waals surface area contributed by atoms with Crippen molar-refractivity contribution in [3.05, 3.63) is 33.2 Å². The molecule has 2 saturated carbocycles. The molecule has 2 N–H and O–H groups in total. The van der Waals surface area contributed by atoms with Crippen LogP contribution in [0.5, 0.6) is 0 Å². The van der Waals surface area contributed by atoms with Gasteiger partial charge in [-0.3, -0.25) is 14.4 Å². The Kier molecular flexibility index (Phi) is 7.69. The highest BCUT2D eigenvalue weighted by Crippen LogP contribution is 2.28. The summed E-state index contributed by atoms with van der Waals surface area (Å²) in [4.78, 5) is 38.5. The Balaban J connectivity index is 1.65. The minimum Gasteiger partial charge on any atom is -0.481 e. The number of carboxylic acids is 1. The maximum absolute atomic E-state index is 13.6. The standard InChI is InChI=1S/C26H38N2O4/c29-24(27-22-14-9-8-13-20(22)26(31)32)21-16-19-12-6-1-2-7-15-23(19)28(25(21)30)17-18-10-4-3-5-11-18/h16,18,20,22H,1-15,17H2,(H,27,29)(H,31,32). The number of fused-ring (bicyclic) bond motifs is 1. The van der Waals surface area contributed by atoms with Crippen molar-refractivity contribution >= 4 is 11.9 Å². The molecule has 1 amide bonds. The maximum atomic E-state index is 13.6. The Morgan fingerprint density at radius 2 is 1.56 bits per heavy atom. The van der Waals surface area contributed by atoms with Gasteiger partial charge >= 0.3 is 5.97 Å². The third kappa shape index (κ3) is 5.26. The largest absolute Gasteiger partial charge is 0.481 e. The average molecular weight is 443 g/mol. The van der Waals surface area contributed by atoms with E-state index in [2.05, 4.69) is 5.32 Å². The van der Waals surface area contributed by atoms with Gasteiger partial charge in [0.2, 0.25) is 0 Å². The second kappa shape index (κ2) is 10.7. The number of pyridine rings is 1. The number of aryl methyl sites for hydroxylation is 1. The lowest BCUT2D eigenvalue weighted by Gasteiger charge is -2.30. The van der Waals surface area contributed by atoms with Gasteiger partial charge in [0.15, 0.2) is 0 Å². The number of carboxylic acid groups (broad SMARTS) is 1. The zero-order valence-electron chi connectivity index (χ0n) is 19.2. The summed E-state index contributed by atoms with van der Waals surface area (Å²) >= 11 is 0. The van der Waals surface area contributed by atoms with Gasteiger partial charge in [-0.15, -0.1) is 0 Å². The molecular formula is C26H38N2O4. The summed E-state index contributed by atoms with van der Waals surface area (Å²) in [6.45, 7) is 0.712. The number of aliphatic carboxylic acids is 1. The second-order valence-electron chi connectivity index (χ2n) is 10.2. The van der Waals surface area contributed by atoms with E-state index in [1.807, 2.05) is 10.6 Å². The molecule has 0 spiro atoms. The van der Waals surface area contributed by atoms with Gasteiger partial charge in [-0.25, -0.2) is 0 Å². The first-order chi connectivity index (χ1) is 15.5. The number of rotatable bonds is 5. The van der Waals surface area contributed by atoms with E-state index in [0.717, 1.165) is 62.6 Å². The Morgan fingerprint density at radius 1 is 0.906 bits per heavy atom. The first kappa shape index (κ1) is 23.1. The first-order valence-corrected chi connectivity index (χ1v) is 12.8. The van der Waals surface area contributed by atoms with Crippen LogP contribution in [0.2, 0.25) is 0 Å². The van der Waals surface area contributed by atoms with Crippen molar-refractivity contribution < 1.29 is 14.7 Å². The van der Waals surface area contributed by atoms with E-state index in [0.29, 0.717) is 25.3 Å². The van der Waals surface area contributed by atoms with Crippen LogP contribution in [0.4, 0.5) is 0 Å². The number of aromatic nitrogens is 1. The van der Waals surface area contributed by atoms with Crippen molar-refractivity contribution in [1.29, 1.82) is 0 Å². The third-order valence-electron chi connectivity index (χ3n) is 7.91. The van der Waals surface area contributed by atoms with Crippen LogP contribution in [0.1, 0.15) is 105 Å². The van der Waals surface area contributed by atoms with Gasteiger partial charge in [-0.1, -0.05) is 44.9 Å². The molecule has 176 valence electrons. The molecule has 4 rings (SSSR count). The summed E-state index contributed by atoms with van der Waals surface area (Å²) in [5.74, 6) is -1.32. The lowest BCUT2D eigenvalue weighted by Crippen LogP contribution is -2.47. The van der Waals surface area contributed by atoms with E-state index in [-0.39, 0.29) is 11.1 Å². The Hall–Kier alpha value is -2.11. The summed E-state index contributed by atoms with van der Waals surface area (Å²) in [5.41, 5.74) is 2.30. The molecule has 2 atom stereocenters. The normalized spacial score (nSPS) is 24.8. The topological polar surface area (TPSA) is 88.4 Å². The predicted molar refractivity (Wildman–Crippen MR) is 124 cm³/mol. The summed E-state index contributed by atoms with van der Waals surface area (Å²) in [5, 5.41) is 12.5. The smallest absolute Gasteiger partial charge is 0.308 e. The molecule has 1 aromatic heterocycles. The van der Waals surface area contributed by atoms with Gasteiger partial charge < -0.3 is 15.0 Å². The minimum absolute atomic E-state index is 0.185. The van der Waals surface area contributed by atoms with E-state index in [1.54, 1.807) is 0 Å². The Labute approximate surface area is 190 Å². The number of carbonyl (C=O) groups excluding carboxylic acids is 1. The van der Waals surface area contributed by atoms with E-state index in [9.17, 15) is 19.5 Å². The van der Waals surface area contributed by atoms with Crippen LogP contribution >= 0.6 is 0 Å². The van der Waals surface area contributed by atoms with Crippen molar-refractivity contribution in [3.8, 4) is 0 Å². The molecule has 6 nitrogen and oxygen atoms in total. The van der Waals surface area contributed by atoms with Crippen molar-refractivity contribution in [2.24, 2.45) is 11.8 Å². The molecule has 1 aromatic rings. The fourth-order valence-corrected chi connectivity index (χ4v) is 6.06. The van der Waals surface area contributed by atoms with Crippen molar-refractivity contribution in [3.63, 3.8) is 0 Å². The Bertz CT molecular complexity index is 885. The fourth-order valence-electron chi connectivity index (χ4n) is 6.06. The van der Waals surface area contributed by atoms with Crippen LogP contribution in [-0.2, 0) is 24.2 Å². The van der Waals surface area contributed by atoms with Gasteiger partial charge in [0.1, 0.15) is 5.56 Å². The molecule has 32 heavy (non-hydrogen) atoms. The number of hydrogen-bond donors (Lipinski definition) is 2. The van der Waals surface area contributed by atoms with E-state index in [1.165, 1.54) is 32.1 Å². The predicted octanol–water partition coefficient (Wildman–Crippen LogP) is 4.46. The van der Waals surface area contributed by atoms with Gasteiger partial charge in [-0.2, -0.15) is 0 Å². The molecule has 0 aliphatic heterocycles. The molecule has 3 aliphatic rings. The molecule has 0 aromatic carbocycles. The number of nitrogens with zero attached hydrogens (tertiary/aromatic N) is 1. The molecule has 0 bridgehead atoms. The highest BCUT2D eigenvalue weighted by Gasteiger charge is 2.33. The molecule has 0 saturated heterocycles. The van der Waals surface area contributed by atoms with Crippen LogP contribution in [0.3, 0.4) is 0 Å². The van der Waals surface area contributed by atoms with Gasteiger partial charge in [0.05, 0.1) is 5.92 Å². The van der Waals surface area contributed by atoms with Crippen LogP contribution in [0.25, 0.3) is 0 Å². The van der Waals surface area contributed by atoms with Crippen LogP contribution in [0.15, 0.2) is 10.9 Å². The summed E-state index contributed by atoms with van der Waals surface area (Å²) < 4.78 is 1.93. The van der Waals surface area contributed by atoms with Gasteiger partial charge in [-0.05, 0) is 68.9 Å². The third-order valence-corrected chi connectivity index (χ3v) is 7.91. The Morgan fingerprint density at radius 3 is 2.31 bits per heavy atom. The number of hydrogen-bond acceptors (Lipinski definition) is 3. The van der Waals surface area contributed by atoms with Gasteiger partial charge in [0, 0.05) is 18.3 Å². The zero-order valence-corrected chi connectivity index (χ0v) is 19.2. The fraction of sp³-hybridized carbons (Fsp3) is 0.731. The molecular weight excluding hydrogens is 404 g/mol. The quantitative estimate of drug-likeness (QED) is 0.705. The van der Waals surface area contributed by atoms with Gasteiger partial charge in [0.25, 0.3) is 11.5 Å². The first-order valence-electron chi connectivity index (χ1n) is 12.8. The van der Waals surface area contributed by atoms with E-state index >= 15 is 0 Å². The van der Waals surface area contributed by atoms with Crippen LogP contribution in [0, 0.1) is 11.8 Å². The number of carbonyl (C=O) groups is 2. The lowest BCUT2D eigenvalue weighted by molar-refractivity contribution is -0.143. The molecule has 0 radical (unpaired) electrons. The monoisotopic (exact) mass is 442 g/mol. The second-order valence-corrected chi connectivity index (χ2v) is 10.2. The molecule has 2 fully saturated rings. The highest BCUT2D eigenvalue weighted by atomic mass is 16.4. The molecule has 1 heterocycles. The summed E-state index contributed by atoms with van der Waals surface area (Å²) in [7, 11) is 0. The SMILES string of the molecule is O=C(NC1CCCCC1C(=O)O)c1cc2c(n(CC3CCCCC3)c1=O)CCCCCC2. The molecule has 3 aliphatic carbocycles.